The predicted molar refractivity (Wildman–Crippen MR) is 94.7 cm³/mol. The van der Waals surface area contributed by atoms with E-state index in [4.69, 9.17) is 5.73 Å². The van der Waals surface area contributed by atoms with E-state index in [2.05, 4.69) is 12.1 Å². The fraction of sp³-hybridized carbons (Fsp3) is 0.316. The molecular formula is C19H22N2OS. The number of hydrogen-bond acceptors (Lipinski definition) is 3. The molecular weight excluding hydrogens is 304 g/mol. The van der Waals surface area contributed by atoms with Crippen LogP contribution in [0.1, 0.15) is 23.2 Å². The molecule has 2 aromatic carbocycles. The molecule has 2 aromatic rings. The molecule has 0 radical (unpaired) electrons. The van der Waals surface area contributed by atoms with E-state index in [1.165, 1.54) is 0 Å². The van der Waals surface area contributed by atoms with Gasteiger partial charge >= 0.3 is 0 Å². The number of nitrogens with two attached hydrogens (primary N) is 1. The van der Waals surface area contributed by atoms with Crippen LogP contribution >= 0.6 is 11.8 Å². The SMILES string of the molecule is NCC1CCN(C(=O)c2ccccc2Sc2ccccc2)CC1. The van der Waals surface area contributed by atoms with Crippen molar-refractivity contribution in [1.29, 1.82) is 0 Å². The van der Waals surface area contributed by atoms with Gasteiger partial charge in [-0.25, -0.2) is 0 Å². The summed E-state index contributed by atoms with van der Waals surface area (Å²) in [5, 5.41) is 0. The molecule has 0 saturated carbocycles. The summed E-state index contributed by atoms with van der Waals surface area (Å²) in [5.74, 6) is 0.701. The normalized spacial score (nSPS) is 15.6. The van der Waals surface area contributed by atoms with E-state index in [1.54, 1.807) is 11.8 Å². The number of benzene rings is 2. The highest BCUT2D eigenvalue weighted by Gasteiger charge is 2.24. The van der Waals surface area contributed by atoms with Gasteiger partial charge in [0.2, 0.25) is 0 Å². The average Bonchev–Trinajstić information content (AvgIpc) is 2.62. The molecule has 0 atom stereocenters. The summed E-state index contributed by atoms with van der Waals surface area (Å²) in [6.45, 7) is 2.35. The maximum absolute atomic E-state index is 12.9. The molecule has 0 aliphatic carbocycles. The van der Waals surface area contributed by atoms with Gasteiger partial charge in [-0.1, -0.05) is 42.1 Å². The molecule has 2 N–H and O–H groups in total. The van der Waals surface area contributed by atoms with Crippen LogP contribution in [0, 0.1) is 5.92 Å². The minimum absolute atomic E-state index is 0.138. The van der Waals surface area contributed by atoms with E-state index < -0.39 is 0 Å². The molecule has 1 saturated heterocycles. The quantitative estimate of drug-likeness (QED) is 0.933. The summed E-state index contributed by atoms with van der Waals surface area (Å²) in [6.07, 6.45) is 2.02. The smallest absolute Gasteiger partial charge is 0.255 e. The van der Waals surface area contributed by atoms with Crippen molar-refractivity contribution < 1.29 is 4.79 Å². The van der Waals surface area contributed by atoms with Crippen molar-refractivity contribution >= 4 is 17.7 Å². The van der Waals surface area contributed by atoms with Crippen molar-refractivity contribution in [3.8, 4) is 0 Å². The molecule has 0 spiro atoms. The van der Waals surface area contributed by atoms with Gasteiger partial charge in [-0.3, -0.25) is 4.79 Å². The first-order chi connectivity index (χ1) is 11.3. The molecule has 1 aliphatic heterocycles. The molecule has 23 heavy (non-hydrogen) atoms. The van der Waals surface area contributed by atoms with E-state index in [1.807, 2.05) is 47.4 Å². The van der Waals surface area contributed by atoms with Crippen LogP contribution in [0.4, 0.5) is 0 Å². The van der Waals surface area contributed by atoms with Crippen LogP contribution in [0.5, 0.6) is 0 Å². The summed E-state index contributed by atoms with van der Waals surface area (Å²) < 4.78 is 0. The van der Waals surface area contributed by atoms with Crippen molar-refractivity contribution in [2.24, 2.45) is 11.7 Å². The Morgan fingerprint density at radius 2 is 1.70 bits per heavy atom. The van der Waals surface area contributed by atoms with Crippen LogP contribution in [0.25, 0.3) is 0 Å². The summed E-state index contributed by atoms with van der Waals surface area (Å²) in [7, 11) is 0. The van der Waals surface area contributed by atoms with E-state index in [0.717, 1.165) is 47.8 Å². The third-order valence-corrected chi connectivity index (χ3v) is 5.41. The van der Waals surface area contributed by atoms with Crippen LogP contribution in [-0.4, -0.2) is 30.4 Å². The highest BCUT2D eigenvalue weighted by atomic mass is 32.2. The van der Waals surface area contributed by atoms with Gasteiger partial charge in [0.25, 0.3) is 5.91 Å². The van der Waals surface area contributed by atoms with Gasteiger partial charge in [-0.05, 0) is 49.6 Å². The summed E-state index contributed by atoms with van der Waals surface area (Å²) in [5.41, 5.74) is 6.54. The van der Waals surface area contributed by atoms with Gasteiger partial charge < -0.3 is 10.6 Å². The first-order valence-corrected chi connectivity index (χ1v) is 8.91. The number of likely N-dealkylation sites (tertiary alicyclic amines) is 1. The Labute approximate surface area is 141 Å². The van der Waals surface area contributed by atoms with Crippen LogP contribution in [-0.2, 0) is 0 Å². The zero-order valence-electron chi connectivity index (χ0n) is 13.2. The minimum Gasteiger partial charge on any atom is -0.339 e. The van der Waals surface area contributed by atoms with E-state index in [0.29, 0.717) is 5.92 Å². The fourth-order valence-corrected chi connectivity index (χ4v) is 3.85. The summed E-state index contributed by atoms with van der Waals surface area (Å²) in [4.78, 5) is 17.0. The third-order valence-electron chi connectivity index (χ3n) is 4.32. The number of piperidine rings is 1. The molecule has 4 heteroatoms. The number of hydrogen-bond donors (Lipinski definition) is 1. The molecule has 3 rings (SSSR count). The maximum atomic E-state index is 12.9. The largest absolute Gasteiger partial charge is 0.339 e. The van der Waals surface area contributed by atoms with Crippen molar-refractivity contribution in [1.82, 2.24) is 4.90 Å². The van der Waals surface area contributed by atoms with Crippen molar-refractivity contribution in [2.45, 2.75) is 22.6 Å². The van der Waals surface area contributed by atoms with Crippen molar-refractivity contribution in [3.63, 3.8) is 0 Å². The summed E-state index contributed by atoms with van der Waals surface area (Å²) >= 11 is 1.64. The van der Waals surface area contributed by atoms with Crippen LogP contribution < -0.4 is 5.73 Å². The Morgan fingerprint density at radius 1 is 1.04 bits per heavy atom. The predicted octanol–water partition coefficient (Wildman–Crippen LogP) is 3.65. The van der Waals surface area contributed by atoms with Crippen LogP contribution in [0.3, 0.4) is 0 Å². The van der Waals surface area contributed by atoms with Crippen molar-refractivity contribution in [3.05, 3.63) is 60.2 Å². The highest BCUT2D eigenvalue weighted by Crippen LogP contribution is 2.31. The zero-order chi connectivity index (χ0) is 16.1. The Hall–Kier alpha value is -1.78. The van der Waals surface area contributed by atoms with Gasteiger partial charge in [-0.2, -0.15) is 0 Å². The third kappa shape index (κ3) is 3.95. The molecule has 1 aliphatic rings. The first-order valence-electron chi connectivity index (χ1n) is 8.09. The standard InChI is InChI=1S/C19H22N2OS/c20-14-15-10-12-21(13-11-15)19(22)17-8-4-5-9-18(17)23-16-6-2-1-3-7-16/h1-9,15H,10-14,20H2. The maximum Gasteiger partial charge on any atom is 0.255 e. The second-order valence-electron chi connectivity index (χ2n) is 5.88. The molecule has 1 amide bonds. The number of rotatable bonds is 4. The Bertz CT molecular complexity index is 651. The van der Waals surface area contributed by atoms with Gasteiger partial charge in [-0.15, -0.1) is 0 Å². The number of carbonyl (C=O) groups is 1. The monoisotopic (exact) mass is 326 g/mol. The topological polar surface area (TPSA) is 46.3 Å². The second kappa shape index (κ2) is 7.66. The molecule has 1 heterocycles. The van der Waals surface area contributed by atoms with Gasteiger partial charge in [0.15, 0.2) is 0 Å². The number of amides is 1. The average molecular weight is 326 g/mol. The lowest BCUT2D eigenvalue weighted by molar-refractivity contribution is 0.0690. The lowest BCUT2D eigenvalue weighted by Crippen LogP contribution is -2.40. The molecule has 0 unspecified atom stereocenters. The van der Waals surface area contributed by atoms with E-state index in [9.17, 15) is 4.79 Å². The number of nitrogens with zero attached hydrogens (tertiary/aromatic N) is 1. The fourth-order valence-electron chi connectivity index (χ4n) is 2.89. The molecule has 3 nitrogen and oxygen atoms in total. The minimum atomic E-state index is 0.138. The van der Waals surface area contributed by atoms with E-state index in [-0.39, 0.29) is 5.91 Å². The Balaban J connectivity index is 1.76. The number of carbonyl (C=O) groups excluding carboxylic acids is 1. The summed E-state index contributed by atoms with van der Waals surface area (Å²) in [6, 6.07) is 18.1. The molecule has 120 valence electrons. The van der Waals surface area contributed by atoms with Crippen LogP contribution in [0.15, 0.2) is 64.4 Å². The van der Waals surface area contributed by atoms with Gasteiger partial charge in [0.1, 0.15) is 0 Å². The Kier molecular flexibility index (Phi) is 5.36. The zero-order valence-corrected chi connectivity index (χ0v) is 14.0. The second-order valence-corrected chi connectivity index (χ2v) is 7.00. The first kappa shape index (κ1) is 16.1. The Morgan fingerprint density at radius 3 is 2.39 bits per heavy atom. The molecule has 0 bridgehead atoms. The van der Waals surface area contributed by atoms with Crippen molar-refractivity contribution in [2.75, 3.05) is 19.6 Å². The van der Waals surface area contributed by atoms with Crippen LogP contribution in [0.2, 0.25) is 0 Å². The lowest BCUT2D eigenvalue weighted by Gasteiger charge is -2.31. The van der Waals surface area contributed by atoms with Gasteiger partial charge in [0.05, 0.1) is 5.56 Å². The lowest BCUT2D eigenvalue weighted by atomic mass is 9.96. The molecule has 1 fully saturated rings. The van der Waals surface area contributed by atoms with E-state index >= 15 is 0 Å². The molecule has 0 aromatic heterocycles. The van der Waals surface area contributed by atoms with Gasteiger partial charge in [0, 0.05) is 22.9 Å². The highest BCUT2D eigenvalue weighted by molar-refractivity contribution is 7.99.